The van der Waals surface area contributed by atoms with Crippen LogP contribution in [-0.4, -0.2) is 32.1 Å². The molecule has 1 heterocycles. The summed E-state index contributed by atoms with van der Waals surface area (Å²) in [5.74, 6) is -1.87. The maximum atomic E-state index is 12.1. The lowest BCUT2D eigenvalue weighted by atomic mass is 10.1. The first kappa shape index (κ1) is 19.5. The number of carbonyl (C=O) groups excluding carboxylic acids is 3. The quantitative estimate of drug-likeness (QED) is 0.609. The maximum absolute atomic E-state index is 12.1. The fourth-order valence-corrected chi connectivity index (χ4v) is 3.26. The summed E-state index contributed by atoms with van der Waals surface area (Å²) in [6.07, 6.45) is 0.0705. The summed E-state index contributed by atoms with van der Waals surface area (Å²) >= 11 is 0.886. The Morgan fingerprint density at radius 3 is 2.23 bits per heavy atom. The average Bonchev–Trinajstić information content (AvgIpc) is 2.97. The fraction of sp³-hybridized carbons (Fsp3) is 0.278. The van der Waals surface area contributed by atoms with E-state index in [4.69, 9.17) is 19.9 Å². The van der Waals surface area contributed by atoms with Gasteiger partial charge in [0.2, 0.25) is 0 Å². The van der Waals surface area contributed by atoms with Crippen molar-refractivity contribution in [3.63, 3.8) is 0 Å². The van der Waals surface area contributed by atoms with E-state index in [-0.39, 0.29) is 34.0 Å². The lowest BCUT2D eigenvalue weighted by molar-refractivity contribution is -0.144. The second-order valence-electron chi connectivity index (χ2n) is 5.46. The molecule has 0 aliphatic carbocycles. The zero-order chi connectivity index (χ0) is 19.3. The second-order valence-corrected chi connectivity index (χ2v) is 6.51. The molecule has 138 valence electrons. The molecule has 0 saturated heterocycles. The van der Waals surface area contributed by atoms with Gasteiger partial charge in [-0.15, -0.1) is 11.3 Å². The number of methoxy groups -OCH3 is 2. The average molecular weight is 377 g/mol. The van der Waals surface area contributed by atoms with Crippen molar-refractivity contribution in [1.29, 1.82) is 0 Å². The molecule has 0 bridgehead atoms. The molecular weight excluding hydrogens is 358 g/mol. The van der Waals surface area contributed by atoms with Gasteiger partial charge in [-0.05, 0) is 12.5 Å². The molecule has 1 aromatic carbocycles. The highest BCUT2D eigenvalue weighted by Gasteiger charge is 2.28. The van der Waals surface area contributed by atoms with Crippen molar-refractivity contribution >= 4 is 34.2 Å². The third-order valence-electron chi connectivity index (χ3n) is 3.64. The zero-order valence-corrected chi connectivity index (χ0v) is 15.5. The van der Waals surface area contributed by atoms with Crippen LogP contribution < -0.4 is 5.73 Å². The summed E-state index contributed by atoms with van der Waals surface area (Å²) < 4.78 is 14.6. The van der Waals surface area contributed by atoms with E-state index in [9.17, 15) is 14.4 Å². The first-order chi connectivity index (χ1) is 12.4. The van der Waals surface area contributed by atoms with E-state index in [0.29, 0.717) is 0 Å². The molecule has 0 fully saturated rings. The van der Waals surface area contributed by atoms with Crippen molar-refractivity contribution in [2.24, 2.45) is 0 Å². The Kier molecular flexibility index (Phi) is 6.35. The van der Waals surface area contributed by atoms with E-state index < -0.39 is 17.9 Å². The number of nitrogens with two attached hydrogens (primary N) is 1. The summed E-state index contributed by atoms with van der Waals surface area (Å²) in [7, 11) is 2.41. The summed E-state index contributed by atoms with van der Waals surface area (Å²) in [4.78, 5) is 36.1. The number of nitrogen functional groups attached to an aromatic ring is 1. The van der Waals surface area contributed by atoms with E-state index in [2.05, 4.69) is 0 Å². The van der Waals surface area contributed by atoms with E-state index in [1.807, 2.05) is 31.2 Å². The standard InChI is InChI=1S/C18H19NO6S/c1-10-4-6-11(7-5-10)8-13(20)25-9-12-14(17(21)23-2)16(19)26-15(12)18(22)24-3/h4-7H,8-9,19H2,1-3H3. The van der Waals surface area contributed by atoms with Crippen LogP contribution in [0, 0.1) is 6.92 Å². The monoisotopic (exact) mass is 377 g/mol. The molecule has 0 spiro atoms. The lowest BCUT2D eigenvalue weighted by Crippen LogP contribution is -2.13. The first-order valence-corrected chi connectivity index (χ1v) is 8.48. The molecule has 2 N–H and O–H groups in total. The summed E-state index contributed by atoms with van der Waals surface area (Å²) in [5, 5.41) is 0.0989. The van der Waals surface area contributed by atoms with Gasteiger partial charge in [-0.3, -0.25) is 4.79 Å². The Labute approximate surface area is 154 Å². The van der Waals surface area contributed by atoms with E-state index in [0.717, 1.165) is 22.5 Å². The van der Waals surface area contributed by atoms with Crippen molar-refractivity contribution in [3.8, 4) is 0 Å². The van der Waals surface area contributed by atoms with Crippen LogP contribution in [-0.2, 0) is 32.0 Å². The van der Waals surface area contributed by atoms with Crippen molar-refractivity contribution in [2.75, 3.05) is 20.0 Å². The largest absolute Gasteiger partial charge is 0.465 e. The minimum absolute atomic E-state index is 0.0148. The van der Waals surface area contributed by atoms with E-state index in [1.54, 1.807) is 0 Å². The topological polar surface area (TPSA) is 105 Å². The molecule has 2 aromatic rings. The predicted octanol–water partition coefficient (Wildman–Crippen LogP) is 2.50. The molecule has 0 atom stereocenters. The van der Waals surface area contributed by atoms with Gasteiger partial charge < -0.3 is 19.9 Å². The summed E-state index contributed by atoms with van der Waals surface area (Å²) in [5.41, 5.74) is 7.91. The van der Waals surface area contributed by atoms with Crippen LogP contribution in [0.2, 0.25) is 0 Å². The van der Waals surface area contributed by atoms with Gasteiger partial charge in [0.25, 0.3) is 0 Å². The number of aryl methyl sites for hydroxylation is 1. The van der Waals surface area contributed by atoms with Crippen molar-refractivity contribution in [1.82, 2.24) is 0 Å². The van der Waals surface area contributed by atoms with Gasteiger partial charge in [-0.2, -0.15) is 0 Å². The minimum atomic E-state index is -0.710. The van der Waals surface area contributed by atoms with Crippen molar-refractivity contribution < 1.29 is 28.6 Å². The summed E-state index contributed by atoms with van der Waals surface area (Å²) in [6.45, 7) is 1.67. The molecule has 0 unspecified atom stereocenters. The number of thiophene rings is 1. The van der Waals surface area contributed by atoms with Crippen molar-refractivity contribution in [2.45, 2.75) is 20.0 Å². The van der Waals surface area contributed by atoms with Crippen LogP contribution in [0.4, 0.5) is 5.00 Å². The minimum Gasteiger partial charge on any atom is -0.465 e. The molecule has 0 aliphatic heterocycles. The number of anilines is 1. The maximum Gasteiger partial charge on any atom is 0.348 e. The van der Waals surface area contributed by atoms with Gasteiger partial charge in [0.15, 0.2) is 0 Å². The summed E-state index contributed by atoms with van der Waals surface area (Å²) in [6, 6.07) is 7.46. The molecule has 2 rings (SSSR count). The molecule has 0 saturated carbocycles. The Morgan fingerprint density at radius 1 is 1.04 bits per heavy atom. The zero-order valence-electron chi connectivity index (χ0n) is 14.7. The molecule has 0 radical (unpaired) electrons. The van der Waals surface area contributed by atoms with Gasteiger partial charge in [0.05, 0.1) is 20.6 Å². The number of ether oxygens (including phenoxy) is 3. The van der Waals surface area contributed by atoms with Crippen molar-refractivity contribution in [3.05, 3.63) is 51.4 Å². The lowest BCUT2D eigenvalue weighted by Gasteiger charge is -2.08. The van der Waals surface area contributed by atoms with Gasteiger partial charge in [0.1, 0.15) is 22.0 Å². The van der Waals surface area contributed by atoms with Crippen LogP contribution in [0.1, 0.15) is 36.7 Å². The fourth-order valence-electron chi connectivity index (χ4n) is 2.28. The SMILES string of the molecule is COC(=O)c1sc(N)c(C(=O)OC)c1COC(=O)Cc1ccc(C)cc1. The first-order valence-electron chi connectivity index (χ1n) is 7.66. The van der Waals surface area contributed by atoms with E-state index in [1.165, 1.54) is 14.2 Å². The molecule has 0 aliphatic rings. The van der Waals surface area contributed by atoms with Gasteiger partial charge in [-0.25, -0.2) is 9.59 Å². The number of carbonyl (C=O) groups is 3. The Balaban J connectivity index is 2.18. The smallest absolute Gasteiger partial charge is 0.348 e. The molecule has 26 heavy (non-hydrogen) atoms. The number of benzene rings is 1. The number of rotatable bonds is 6. The number of esters is 3. The Bertz CT molecular complexity index is 825. The van der Waals surface area contributed by atoms with Crippen LogP contribution >= 0.6 is 11.3 Å². The van der Waals surface area contributed by atoms with Gasteiger partial charge >= 0.3 is 17.9 Å². The van der Waals surface area contributed by atoms with Gasteiger partial charge in [-0.1, -0.05) is 29.8 Å². The molecule has 8 heteroatoms. The number of hydrogen-bond acceptors (Lipinski definition) is 8. The highest BCUT2D eigenvalue weighted by Crippen LogP contribution is 2.33. The molecule has 0 amide bonds. The molecular formula is C18H19NO6S. The van der Waals surface area contributed by atoms with E-state index >= 15 is 0 Å². The predicted molar refractivity (Wildman–Crippen MR) is 96.1 cm³/mol. The van der Waals surface area contributed by atoms with Crippen LogP contribution in [0.5, 0.6) is 0 Å². The third-order valence-corrected chi connectivity index (χ3v) is 4.68. The van der Waals surface area contributed by atoms with Crippen LogP contribution in [0.15, 0.2) is 24.3 Å². The second kappa shape index (κ2) is 8.48. The number of hydrogen-bond donors (Lipinski definition) is 1. The van der Waals surface area contributed by atoms with Crippen LogP contribution in [0.25, 0.3) is 0 Å². The molecule has 7 nitrogen and oxygen atoms in total. The highest BCUT2D eigenvalue weighted by atomic mass is 32.1. The van der Waals surface area contributed by atoms with Gasteiger partial charge in [0, 0.05) is 5.56 Å². The Morgan fingerprint density at radius 2 is 1.65 bits per heavy atom. The molecule has 1 aromatic heterocycles. The highest BCUT2D eigenvalue weighted by molar-refractivity contribution is 7.18. The van der Waals surface area contributed by atoms with Crippen LogP contribution in [0.3, 0.4) is 0 Å². The Hall–Kier alpha value is -2.87. The third kappa shape index (κ3) is 4.40. The normalized spacial score (nSPS) is 10.3.